The van der Waals surface area contributed by atoms with Gasteiger partial charge in [-0.2, -0.15) is 0 Å². The summed E-state index contributed by atoms with van der Waals surface area (Å²) in [6.07, 6.45) is 39.4. The molecular weight excluding hydrogens is 1870 g/mol. The van der Waals surface area contributed by atoms with E-state index in [4.69, 9.17) is 42.6 Å². The summed E-state index contributed by atoms with van der Waals surface area (Å²) in [5.74, 6) is 1.39. The Kier molecular flexibility index (Phi) is 58.5. The summed E-state index contributed by atoms with van der Waals surface area (Å²) in [7, 11) is 0. The molecule has 0 atom stereocenters. The second-order valence-electron chi connectivity index (χ2n) is 46.2. The molecule has 5 amide bonds. The molecule has 5 aliphatic rings. The molecule has 0 aromatic heterocycles. The maximum Gasteiger partial charge on any atom is 0.419 e. The van der Waals surface area contributed by atoms with E-state index < -0.39 is 46.8 Å². The summed E-state index contributed by atoms with van der Waals surface area (Å²) in [4.78, 5) is 115. The van der Waals surface area contributed by atoms with E-state index in [0.717, 1.165) is 158 Å². The van der Waals surface area contributed by atoms with Crippen LogP contribution in [-0.4, -0.2) is 146 Å². The number of aryl methyl sites for hydroxylation is 4. The monoisotopic (exact) mass is 2060 g/mol. The molecule has 4 saturated carbocycles. The molecular formula is C128H197N3O18. The van der Waals surface area contributed by atoms with Crippen molar-refractivity contribution < 1.29 is 85.8 Å². The molecule has 0 bridgehead atoms. The van der Waals surface area contributed by atoms with Crippen LogP contribution >= 0.6 is 0 Å². The average Bonchev–Trinajstić information content (AvgIpc) is 0.815. The van der Waals surface area contributed by atoms with Gasteiger partial charge in [0.2, 0.25) is 0 Å². The molecule has 4 aliphatic carbocycles. The van der Waals surface area contributed by atoms with Crippen molar-refractivity contribution in [1.82, 2.24) is 14.7 Å². The smallest absolute Gasteiger partial charge is 0.419 e. The summed E-state index contributed by atoms with van der Waals surface area (Å²) in [5, 5.41) is 0. The van der Waals surface area contributed by atoms with Gasteiger partial charge in [-0.1, -0.05) is 302 Å². The Morgan fingerprint density at radius 2 is 0.550 bits per heavy atom. The number of carbonyl (C=O) groups is 9. The van der Waals surface area contributed by atoms with E-state index in [-0.39, 0.29) is 71.1 Å². The topological polar surface area (TPSA) is 246 Å². The maximum atomic E-state index is 13.3. The van der Waals surface area contributed by atoms with Gasteiger partial charge in [0.25, 0.3) is 0 Å². The van der Waals surface area contributed by atoms with E-state index in [1.54, 1.807) is 4.90 Å². The number of carbonyl (C=O) groups excluding carboxylic acids is 9. The molecule has 0 spiro atoms. The van der Waals surface area contributed by atoms with Crippen LogP contribution in [0, 0.1) is 23.7 Å². The Bertz CT molecular complexity index is 4630. The molecule has 21 nitrogen and oxygen atoms in total. The Morgan fingerprint density at radius 3 is 0.839 bits per heavy atom. The number of amides is 5. The number of imide groups is 2. The molecule has 0 radical (unpaired) electrons. The quantitative estimate of drug-likeness (QED) is 0.0256. The summed E-state index contributed by atoms with van der Waals surface area (Å²) in [5.41, 5.74) is 3.32. The van der Waals surface area contributed by atoms with Gasteiger partial charge < -0.3 is 47.5 Å². The van der Waals surface area contributed by atoms with Crippen molar-refractivity contribution in [3.63, 3.8) is 0 Å². The van der Waals surface area contributed by atoms with Gasteiger partial charge in [-0.25, -0.2) is 33.8 Å². The Morgan fingerprint density at radius 1 is 0.295 bits per heavy atom. The number of hydrogen-bond acceptors (Lipinski definition) is 18. The van der Waals surface area contributed by atoms with Crippen LogP contribution in [0.5, 0.6) is 0 Å². The number of ether oxygens (including phenoxy) is 9. The Labute approximate surface area is 900 Å². The second kappa shape index (κ2) is 67.4. The number of nitrogens with zero attached hydrogens (tertiary/aromatic N) is 3. The van der Waals surface area contributed by atoms with E-state index in [2.05, 4.69) is 97.0 Å². The van der Waals surface area contributed by atoms with Crippen molar-refractivity contribution in [3.8, 4) is 0 Å². The minimum atomic E-state index is -0.667. The Hall–Kier alpha value is -10.1. The number of piperidine rings is 1. The third kappa shape index (κ3) is 52.2. The van der Waals surface area contributed by atoms with Crippen molar-refractivity contribution in [3.05, 3.63) is 215 Å². The lowest BCUT2D eigenvalue weighted by Gasteiger charge is -2.40. The van der Waals surface area contributed by atoms with Gasteiger partial charge in [0, 0.05) is 51.9 Å². The molecule has 1 heterocycles. The molecule has 1 saturated heterocycles. The van der Waals surface area contributed by atoms with Gasteiger partial charge in [-0.15, -0.1) is 0 Å². The molecule has 21 heteroatoms. The second-order valence-corrected chi connectivity index (χ2v) is 46.2. The van der Waals surface area contributed by atoms with Crippen LogP contribution < -0.4 is 0 Å². The van der Waals surface area contributed by atoms with Crippen LogP contribution in [0.15, 0.2) is 182 Å². The highest BCUT2D eigenvalue weighted by Gasteiger charge is 2.43. The van der Waals surface area contributed by atoms with Crippen molar-refractivity contribution >= 4 is 54.3 Å². The van der Waals surface area contributed by atoms with Crippen molar-refractivity contribution in [2.45, 2.75) is 486 Å². The lowest BCUT2D eigenvalue weighted by Crippen LogP contribution is -2.48. The number of likely N-dealkylation sites (tertiary alicyclic amines) is 1. The fourth-order valence-electron chi connectivity index (χ4n) is 19.2. The summed E-state index contributed by atoms with van der Waals surface area (Å²) >= 11 is 0. The predicted octanol–water partition coefficient (Wildman–Crippen LogP) is 33.2. The minimum absolute atomic E-state index is 0.0125. The van der Waals surface area contributed by atoms with Crippen LogP contribution in [0.4, 0.5) is 24.0 Å². The zero-order chi connectivity index (χ0) is 110. The van der Waals surface area contributed by atoms with Gasteiger partial charge in [-0.3, -0.25) is 19.2 Å². The number of benzene rings is 6. The van der Waals surface area contributed by atoms with Crippen LogP contribution in [0.1, 0.15) is 430 Å². The SMILES string of the molecule is CC(C)(C)OC(=O)N1CCCCC1.CC(C)(OC(=O)CCCc1ccccc1)C1CCCCC1.CC(C)(OC(=O)N(CCc1ccccc1)C(=O)OC(C)(C)C1CCCCC1)C1CCCCC1.CC(C)C1(OC(=O)CCCc2ccccc2)CCCCC1.CCC(C)(C)OC(=O)CCCc1ccccc1.CCC(C)(C)OC(=O)N(CCc1ccccc1)C(=O)OC(C)(C)CC.CCC(CC)(CC)OC(=O)CCCc1ccccc1. The lowest BCUT2D eigenvalue weighted by atomic mass is 9.77. The van der Waals surface area contributed by atoms with E-state index in [1.807, 2.05) is 244 Å². The van der Waals surface area contributed by atoms with Crippen LogP contribution in [-0.2, 0) is 100 Å². The Balaban J connectivity index is 0.000000310. The number of rotatable bonds is 40. The highest BCUT2D eigenvalue weighted by Crippen LogP contribution is 2.41. The van der Waals surface area contributed by atoms with Crippen molar-refractivity contribution in [1.29, 1.82) is 0 Å². The van der Waals surface area contributed by atoms with Crippen LogP contribution in [0.3, 0.4) is 0 Å². The summed E-state index contributed by atoms with van der Waals surface area (Å²) in [6.45, 7) is 47.6. The maximum absolute atomic E-state index is 13.3. The number of esters is 4. The fraction of sp³-hybridized carbons (Fsp3) is 0.648. The first-order valence-electron chi connectivity index (χ1n) is 57.2. The van der Waals surface area contributed by atoms with Crippen molar-refractivity contribution in [2.75, 3.05) is 26.2 Å². The molecule has 6 aromatic carbocycles. The standard InChI is InChI=1S/C28H43NO4.C20H31NO4.2C19H28O2.C17H26O2.C15H22O2.C10H19NO2/c1-27(2,23-16-10-6-11-17-23)32-25(30)29(21-20-22-14-8-5-9-15-22)26(31)33-28(3,4)24-18-12-7-13-19-24;1-7-19(3,4)24-17(22)21(18(23)25-20(5,6)8-2)15-14-16-12-10-9-11-13-16;1-16(2)19(14-7-4-8-15-19)21-18(20)13-9-12-17-10-5-3-6-11-17;1-19(2,17-13-7-4-8-14-17)21-18(20)15-9-12-16-10-5-3-6-11-16;1-4-17(5-2,6-3)19-16(18)14-10-13-15-11-8-7-9-12-15;1-4-15(2,3)17-14(16)12-8-11-13-9-6-5-7-10-13;1-10(2,3)13-9(12)11-7-5-4-6-8-11/h5,8-9,14-15,23-24H,6-7,10-13,16-21H2,1-4H3;9-13H,7-8,14-15H2,1-6H3;3,5-6,10-11,16H,4,7-9,12-15H2,1-2H3;3,5-6,10-11,17H,4,7-9,12-15H2,1-2H3;7-9,11-12H,4-6,10,13-14H2,1-3H3;5-7,9-10H,4,8,11-12H2,1-3H3;4-8H2,1-3H3. The van der Waals surface area contributed by atoms with Gasteiger partial charge in [0.05, 0.1) is 0 Å². The first kappa shape index (κ1) is 129. The third-order valence-electron chi connectivity index (χ3n) is 30.4. The molecule has 6 aromatic rings. The van der Waals surface area contributed by atoms with E-state index in [9.17, 15) is 43.2 Å². The fourth-order valence-corrected chi connectivity index (χ4v) is 19.2. The predicted molar refractivity (Wildman–Crippen MR) is 603 cm³/mol. The number of hydrogen-bond donors (Lipinski definition) is 0. The van der Waals surface area contributed by atoms with Gasteiger partial charge >= 0.3 is 54.3 Å². The molecule has 1 aliphatic heterocycles. The van der Waals surface area contributed by atoms with E-state index in [1.165, 1.54) is 123 Å². The lowest BCUT2D eigenvalue weighted by molar-refractivity contribution is -0.170. The van der Waals surface area contributed by atoms with Gasteiger partial charge in [0.1, 0.15) is 50.4 Å². The molecule has 0 unspecified atom stereocenters. The summed E-state index contributed by atoms with van der Waals surface area (Å²) < 4.78 is 51.0. The molecule has 0 N–H and O–H groups in total. The molecule has 5 fully saturated rings. The normalized spacial score (nSPS) is 15.3. The van der Waals surface area contributed by atoms with Crippen LogP contribution in [0.25, 0.3) is 0 Å². The molecule has 11 rings (SSSR count). The largest absolute Gasteiger partial charge is 0.460 e. The average molecular weight is 2070 g/mol. The first-order chi connectivity index (χ1) is 70.7. The zero-order valence-electron chi connectivity index (χ0n) is 96.6. The molecule has 832 valence electrons. The van der Waals surface area contributed by atoms with Crippen molar-refractivity contribution in [2.24, 2.45) is 23.7 Å². The third-order valence-corrected chi connectivity index (χ3v) is 30.4. The van der Waals surface area contributed by atoms with Gasteiger partial charge in [0.15, 0.2) is 0 Å². The summed E-state index contributed by atoms with van der Waals surface area (Å²) in [6, 6.07) is 60.7. The zero-order valence-corrected chi connectivity index (χ0v) is 96.6. The highest BCUT2D eigenvalue weighted by atomic mass is 16.6. The molecule has 149 heavy (non-hydrogen) atoms. The van der Waals surface area contributed by atoms with Crippen LogP contribution in [0.2, 0.25) is 0 Å². The van der Waals surface area contributed by atoms with E-state index in [0.29, 0.717) is 75.0 Å². The van der Waals surface area contributed by atoms with Gasteiger partial charge in [-0.05, 0) is 347 Å². The minimum Gasteiger partial charge on any atom is -0.460 e. The first-order valence-corrected chi connectivity index (χ1v) is 57.2. The highest BCUT2D eigenvalue weighted by molar-refractivity contribution is 5.89. The van der Waals surface area contributed by atoms with E-state index >= 15 is 0 Å².